The van der Waals surface area contributed by atoms with E-state index in [1.807, 2.05) is 0 Å². The van der Waals surface area contributed by atoms with Crippen molar-refractivity contribution in [3.8, 4) is 0 Å². The molecule has 0 radical (unpaired) electrons. The van der Waals surface area contributed by atoms with E-state index in [1.54, 1.807) is 54.6 Å². The van der Waals surface area contributed by atoms with Crippen LogP contribution >= 0.6 is 23.4 Å². The quantitative estimate of drug-likeness (QED) is 0.137. The van der Waals surface area contributed by atoms with Crippen LogP contribution in [-0.2, 0) is 19.6 Å². The summed E-state index contributed by atoms with van der Waals surface area (Å²) in [4.78, 5) is 39.1. The van der Waals surface area contributed by atoms with Crippen LogP contribution in [0, 0.1) is 5.82 Å². The van der Waals surface area contributed by atoms with Crippen LogP contribution in [0.2, 0.25) is 5.02 Å². The van der Waals surface area contributed by atoms with Crippen molar-refractivity contribution < 1.29 is 27.2 Å². The van der Waals surface area contributed by atoms with Crippen molar-refractivity contribution in [3.63, 3.8) is 0 Å². The predicted octanol–water partition coefficient (Wildman–Crippen LogP) is 5.27. The average Bonchev–Trinajstić information content (AvgIpc) is 2.98. The van der Waals surface area contributed by atoms with Gasteiger partial charge >= 0.3 is 0 Å². The molecular formula is C30H24ClFN4O5S2. The lowest BCUT2D eigenvalue weighted by Gasteiger charge is -2.13. The summed E-state index contributed by atoms with van der Waals surface area (Å²) in [6.07, 6.45) is 1.16. The molecule has 4 aromatic carbocycles. The van der Waals surface area contributed by atoms with Crippen LogP contribution in [0.4, 0.5) is 15.8 Å². The minimum atomic E-state index is -3.84. The maximum absolute atomic E-state index is 14.5. The van der Waals surface area contributed by atoms with Gasteiger partial charge in [0.15, 0.2) is 0 Å². The third-order valence-electron chi connectivity index (χ3n) is 5.75. The highest BCUT2D eigenvalue weighted by molar-refractivity contribution is 8.00. The zero-order valence-electron chi connectivity index (χ0n) is 22.2. The van der Waals surface area contributed by atoms with Crippen LogP contribution < -0.4 is 21.1 Å². The van der Waals surface area contributed by atoms with Crippen LogP contribution in [0.3, 0.4) is 0 Å². The standard InChI is InChI=1S/C30H24ClFN4O5S2/c31-25-10-5-11-26(32)24(25)17-27(36-29(38)19-6-2-1-3-7-19)30(39)35-21-8-4-9-22(16-21)42-18-28(37)34-20-12-14-23(15-13-20)43(33,40)41/h1-17H,18H2,(H,34,37)(H,35,39)(H,36,38)(H2,33,40,41)/b27-17+. The molecule has 4 aromatic rings. The molecule has 0 spiro atoms. The Bertz CT molecular complexity index is 1780. The largest absolute Gasteiger partial charge is 0.325 e. The number of thioether (sulfide) groups is 1. The third-order valence-corrected chi connectivity index (χ3v) is 8.00. The molecule has 0 fully saturated rings. The maximum Gasteiger partial charge on any atom is 0.272 e. The van der Waals surface area contributed by atoms with Crippen LogP contribution in [0.15, 0.2) is 113 Å². The first-order valence-electron chi connectivity index (χ1n) is 12.5. The number of benzene rings is 4. The van der Waals surface area contributed by atoms with Gasteiger partial charge < -0.3 is 16.0 Å². The van der Waals surface area contributed by atoms with Gasteiger partial charge in [0.2, 0.25) is 15.9 Å². The Morgan fingerprint density at radius 3 is 2.23 bits per heavy atom. The number of carbonyl (C=O) groups excluding carboxylic acids is 3. The molecule has 3 amide bonds. The number of primary sulfonamides is 1. The highest BCUT2D eigenvalue weighted by Gasteiger charge is 2.17. The second-order valence-electron chi connectivity index (χ2n) is 8.90. The Morgan fingerprint density at radius 1 is 0.860 bits per heavy atom. The molecule has 0 atom stereocenters. The van der Waals surface area contributed by atoms with Crippen LogP contribution in [0.5, 0.6) is 0 Å². The number of rotatable bonds is 10. The smallest absolute Gasteiger partial charge is 0.272 e. The molecule has 4 rings (SSSR count). The zero-order valence-corrected chi connectivity index (χ0v) is 24.6. The van der Waals surface area contributed by atoms with Crippen molar-refractivity contribution in [2.24, 2.45) is 5.14 Å². The molecular weight excluding hydrogens is 615 g/mol. The number of anilines is 2. The van der Waals surface area contributed by atoms with E-state index in [0.717, 1.165) is 6.08 Å². The summed E-state index contributed by atoms with van der Waals surface area (Å²) in [5, 5.41) is 13.0. The molecule has 0 bridgehead atoms. The number of nitrogens with two attached hydrogens (primary N) is 1. The Labute approximate surface area is 256 Å². The van der Waals surface area contributed by atoms with E-state index in [4.69, 9.17) is 16.7 Å². The van der Waals surface area contributed by atoms with Gasteiger partial charge in [-0.2, -0.15) is 0 Å². The first-order chi connectivity index (χ1) is 20.5. The molecule has 0 aliphatic carbocycles. The summed E-state index contributed by atoms with van der Waals surface area (Å²) in [6, 6.07) is 24.3. The minimum absolute atomic E-state index is 0.0123. The fourth-order valence-corrected chi connectivity index (χ4v) is 5.16. The monoisotopic (exact) mass is 638 g/mol. The molecule has 0 saturated heterocycles. The van der Waals surface area contributed by atoms with Crippen molar-refractivity contribution >= 4 is 68.6 Å². The second-order valence-corrected chi connectivity index (χ2v) is 11.9. The lowest BCUT2D eigenvalue weighted by Crippen LogP contribution is -2.30. The van der Waals surface area contributed by atoms with Crippen molar-refractivity contribution in [2.45, 2.75) is 9.79 Å². The molecule has 0 heterocycles. The minimum Gasteiger partial charge on any atom is -0.325 e. The molecule has 0 aliphatic heterocycles. The van der Waals surface area contributed by atoms with Gasteiger partial charge in [0.25, 0.3) is 11.8 Å². The van der Waals surface area contributed by atoms with Crippen molar-refractivity contribution in [2.75, 3.05) is 16.4 Å². The van der Waals surface area contributed by atoms with E-state index < -0.39 is 27.7 Å². The average molecular weight is 639 g/mol. The molecule has 0 saturated carbocycles. The van der Waals surface area contributed by atoms with E-state index in [2.05, 4.69) is 16.0 Å². The fourth-order valence-electron chi connectivity index (χ4n) is 3.67. The normalized spacial score (nSPS) is 11.5. The number of hydrogen-bond donors (Lipinski definition) is 4. The third kappa shape index (κ3) is 9.00. The van der Waals surface area contributed by atoms with E-state index in [9.17, 15) is 27.2 Å². The highest BCUT2D eigenvalue weighted by Crippen LogP contribution is 2.24. The van der Waals surface area contributed by atoms with Crippen LogP contribution in [-0.4, -0.2) is 31.9 Å². The molecule has 13 heteroatoms. The van der Waals surface area contributed by atoms with Crippen LogP contribution in [0.25, 0.3) is 6.08 Å². The fraction of sp³-hybridized carbons (Fsp3) is 0.0333. The highest BCUT2D eigenvalue weighted by atomic mass is 35.5. The van der Waals surface area contributed by atoms with E-state index in [1.165, 1.54) is 54.2 Å². The van der Waals surface area contributed by atoms with E-state index in [0.29, 0.717) is 16.3 Å². The molecule has 0 unspecified atom stereocenters. The first-order valence-corrected chi connectivity index (χ1v) is 15.4. The molecule has 0 aromatic heterocycles. The van der Waals surface area contributed by atoms with Gasteiger partial charge in [-0.05, 0) is 72.8 Å². The molecule has 0 aliphatic rings. The van der Waals surface area contributed by atoms with Crippen molar-refractivity contribution in [1.29, 1.82) is 0 Å². The van der Waals surface area contributed by atoms with Gasteiger partial charge in [0.1, 0.15) is 11.5 Å². The van der Waals surface area contributed by atoms with Gasteiger partial charge in [-0.25, -0.2) is 17.9 Å². The second kappa shape index (κ2) is 14.1. The summed E-state index contributed by atoms with van der Waals surface area (Å²) in [6.45, 7) is 0. The van der Waals surface area contributed by atoms with Gasteiger partial charge in [-0.3, -0.25) is 14.4 Å². The Balaban J connectivity index is 1.45. The molecule has 9 nitrogen and oxygen atoms in total. The van der Waals surface area contributed by atoms with Gasteiger partial charge in [0.05, 0.1) is 15.7 Å². The number of sulfonamides is 1. The lowest BCUT2D eigenvalue weighted by molar-refractivity contribution is -0.114. The summed E-state index contributed by atoms with van der Waals surface area (Å²) >= 11 is 7.34. The van der Waals surface area contributed by atoms with Crippen molar-refractivity contribution in [1.82, 2.24) is 5.32 Å². The lowest BCUT2D eigenvalue weighted by atomic mass is 10.1. The predicted molar refractivity (Wildman–Crippen MR) is 166 cm³/mol. The summed E-state index contributed by atoms with van der Waals surface area (Å²) in [5.74, 6) is -2.32. The molecule has 5 N–H and O–H groups in total. The Kier molecular flexibility index (Phi) is 10.3. The molecule has 43 heavy (non-hydrogen) atoms. The van der Waals surface area contributed by atoms with Crippen LogP contribution in [0.1, 0.15) is 15.9 Å². The van der Waals surface area contributed by atoms with E-state index >= 15 is 0 Å². The number of carbonyl (C=O) groups is 3. The van der Waals surface area contributed by atoms with Gasteiger partial charge in [0, 0.05) is 27.4 Å². The van der Waals surface area contributed by atoms with Gasteiger partial charge in [-0.15, -0.1) is 11.8 Å². The Morgan fingerprint density at radius 2 is 1.56 bits per heavy atom. The SMILES string of the molecule is NS(=O)(=O)c1ccc(NC(=O)CSc2cccc(NC(=O)/C(=C\c3c(F)cccc3Cl)NC(=O)c3ccccc3)c2)cc1. The van der Waals surface area contributed by atoms with Crippen molar-refractivity contribution in [3.05, 3.63) is 125 Å². The maximum atomic E-state index is 14.5. The Hall–Kier alpha value is -4.49. The molecule has 220 valence electrons. The number of halogens is 2. The topological polar surface area (TPSA) is 147 Å². The summed E-state index contributed by atoms with van der Waals surface area (Å²) in [7, 11) is -3.84. The number of amides is 3. The number of hydrogen-bond acceptors (Lipinski definition) is 6. The first kappa shape index (κ1) is 31.4. The van der Waals surface area contributed by atoms with Gasteiger partial charge in [-0.1, -0.05) is 41.9 Å². The summed E-state index contributed by atoms with van der Waals surface area (Å²) in [5.41, 5.74) is 0.723. The zero-order chi connectivity index (χ0) is 31.0. The van der Waals surface area contributed by atoms with E-state index in [-0.39, 0.29) is 38.4 Å². The number of nitrogens with one attached hydrogen (secondary N) is 3. The summed E-state index contributed by atoms with van der Waals surface area (Å²) < 4.78 is 37.3.